The SMILES string of the molecule is Cc1ccc2c(n1)N[C@@H](C(F)(F)F)CC2. The molecule has 1 aliphatic rings. The molecule has 0 aliphatic carbocycles. The lowest BCUT2D eigenvalue weighted by atomic mass is 10.0. The highest BCUT2D eigenvalue weighted by Crippen LogP contribution is 2.31. The Bertz CT molecular complexity index is 373. The van der Waals surface area contributed by atoms with Gasteiger partial charge in [0.1, 0.15) is 11.9 Å². The van der Waals surface area contributed by atoms with Crippen molar-refractivity contribution in [2.24, 2.45) is 0 Å². The molecule has 1 aromatic heterocycles. The smallest absolute Gasteiger partial charge is 0.358 e. The lowest BCUT2D eigenvalue weighted by Crippen LogP contribution is -2.39. The zero-order valence-electron chi connectivity index (χ0n) is 8.23. The number of alkyl halides is 3. The molecule has 1 aliphatic heterocycles. The molecule has 0 aromatic carbocycles. The minimum atomic E-state index is -4.19. The average molecular weight is 216 g/mol. The van der Waals surface area contributed by atoms with Crippen LogP contribution in [0.2, 0.25) is 0 Å². The first-order chi connectivity index (χ1) is 6.97. The highest BCUT2D eigenvalue weighted by atomic mass is 19.4. The van der Waals surface area contributed by atoms with Crippen molar-refractivity contribution in [1.82, 2.24) is 4.98 Å². The maximum absolute atomic E-state index is 12.4. The number of hydrogen-bond donors (Lipinski definition) is 1. The zero-order chi connectivity index (χ0) is 11.1. The maximum Gasteiger partial charge on any atom is 0.408 e. The third-order valence-corrected chi connectivity index (χ3v) is 2.53. The van der Waals surface area contributed by atoms with Crippen LogP contribution in [-0.4, -0.2) is 17.2 Å². The van der Waals surface area contributed by atoms with Crippen molar-refractivity contribution in [3.05, 3.63) is 23.4 Å². The van der Waals surface area contributed by atoms with Gasteiger partial charge >= 0.3 is 6.18 Å². The van der Waals surface area contributed by atoms with Crippen LogP contribution in [0.15, 0.2) is 12.1 Å². The Hall–Kier alpha value is -1.26. The van der Waals surface area contributed by atoms with Gasteiger partial charge in [-0.3, -0.25) is 0 Å². The van der Waals surface area contributed by atoms with E-state index in [1.165, 1.54) is 0 Å². The Labute approximate surface area is 85.5 Å². The Kier molecular flexibility index (Phi) is 2.32. The average Bonchev–Trinajstić information content (AvgIpc) is 2.15. The van der Waals surface area contributed by atoms with E-state index in [-0.39, 0.29) is 6.42 Å². The number of aromatic nitrogens is 1. The van der Waals surface area contributed by atoms with Gasteiger partial charge < -0.3 is 5.32 Å². The van der Waals surface area contributed by atoms with Gasteiger partial charge in [0.2, 0.25) is 0 Å². The van der Waals surface area contributed by atoms with Gasteiger partial charge in [0.05, 0.1) is 0 Å². The molecule has 0 spiro atoms. The summed E-state index contributed by atoms with van der Waals surface area (Å²) in [5.74, 6) is 0.378. The second-order valence-corrected chi connectivity index (χ2v) is 3.74. The summed E-state index contributed by atoms with van der Waals surface area (Å²) >= 11 is 0. The molecule has 2 heterocycles. The lowest BCUT2D eigenvalue weighted by Gasteiger charge is -2.27. The van der Waals surface area contributed by atoms with E-state index in [4.69, 9.17) is 0 Å². The second-order valence-electron chi connectivity index (χ2n) is 3.74. The van der Waals surface area contributed by atoms with Crippen LogP contribution in [0.1, 0.15) is 17.7 Å². The number of nitrogens with one attached hydrogen (secondary N) is 1. The molecule has 15 heavy (non-hydrogen) atoms. The number of pyridine rings is 1. The van der Waals surface area contributed by atoms with Gasteiger partial charge in [0, 0.05) is 5.69 Å². The zero-order valence-corrected chi connectivity index (χ0v) is 8.23. The van der Waals surface area contributed by atoms with Crippen molar-refractivity contribution in [3.63, 3.8) is 0 Å². The van der Waals surface area contributed by atoms with Gasteiger partial charge in [0.25, 0.3) is 0 Å². The molecule has 0 bridgehead atoms. The summed E-state index contributed by atoms with van der Waals surface area (Å²) in [6, 6.07) is 2.19. The fourth-order valence-electron chi connectivity index (χ4n) is 1.69. The molecule has 5 heteroatoms. The monoisotopic (exact) mass is 216 g/mol. The minimum absolute atomic E-state index is 0.0846. The molecule has 0 saturated carbocycles. The summed E-state index contributed by atoms with van der Waals surface area (Å²) in [6.45, 7) is 1.76. The lowest BCUT2D eigenvalue weighted by molar-refractivity contribution is -0.144. The van der Waals surface area contributed by atoms with E-state index in [9.17, 15) is 13.2 Å². The van der Waals surface area contributed by atoms with E-state index >= 15 is 0 Å². The minimum Gasteiger partial charge on any atom is -0.358 e. The van der Waals surface area contributed by atoms with Crippen molar-refractivity contribution in [2.45, 2.75) is 32.0 Å². The Morgan fingerprint density at radius 2 is 2.13 bits per heavy atom. The summed E-state index contributed by atoms with van der Waals surface area (Å²) in [5.41, 5.74) is 1.59. The normalized spacial score (nSPS) is 20.7. The van der Waals surface area contributed by atoms with Gasteiger partial charge in [-0.2, -0.15) is 13.2 Å². The molecular formula is C10H11F3N2. The number of fused-ring (bicyclic) bond motifs is 1. The molecule has 0 fully saturated rings. The van der Waals surface area contributed by atoms with Crippen molar-refractivity contribution in [3.8, 4) is 0 Å². The van der Waals surface area contributed by atoms with Gasteiger partial charge in [0.15, 0.2) is 0 Å². The summed E-state index contributed by atoms with van der Waals surface area (Å²) < 4.78 is 37.3. The molecule has 1 atom stereocenters. The Morgan fingerprint density at radius 1 is 1.40 bits per heavy atom. The predicted octanol–water partition coefficient (Wildman–Crippen LogP) is 2.68. The van der Waals surface area contributed by atoms with Crippen molar-refractivity contribution in [1.29, 1.82) is 0 Å². The fraction of sp³-hybridized carbons (Fsp3) is 0.500. The van der Waals surface area contributed by atoms with E-state index in [1.807, 2.05) is 12.1 Å². The highest BCUT2D eigenvalue weighted by molar-refractivity contribution is 5.48. The van der Waals surface area contributed by atoms with E-state index in [1.54, 1.807) is 6.92 Å². The first kappa shape index (κ1) is 10.3. The summed E-state index contributed by atoms with van der Waals surface area (Å²) in [4.78, 5) is 4.07. The molecule has 0 radical (unpaired) electrons. The van der Waals surface area contributed by atoms with Gasteiger partial charge in [-0.05, 0) is 31.4 Å². The van der Waals surface area contributed by atoms with Crippen LogP contribution in [0.3, 0.4) is 0 Å². The van der Waals surface area contributed by atoms with Crippen LogP contribution in [0.25, 0.3) is 0 Å². The first-order valence-electron chi connectivity index (χ1n) is 4.76. The van der Waals surface area contributed by atoms with Crippen molar-refractivity contribution in [2.75, 3.05) is 5.32 Å². The number of halogens is 3. The molecule has 1 N–H and O–H groups in total. The molecule has 0 saturated heterocycles. The highest BCUT2D eigenvalue weighted by Gasteiger charge is 2.41. The second kappa shape index (κ2) is 3.40. The number of nitrogens with zero attached hydrogens (tertiary/aromatic N) is 1. The van der Waals surface area contributed by atoms with Gasteiger partial charge in [-0.15, -0.1) is 0 Å². The van der Waals surface area contributed by atoms with Crippen LogP contribution in [0, 0.1) is 6.92 Å². The largest absolute Gasteiger partial charge is 0.408 e. The third kappa shape index (κ3) is 2.06. The quantitative estimate of drug-likeness (QED) is 0.721. The predicted molar refractivity (Wildman–Crippen MR) is 50.8 cm³/mol. The van der Waals surface area contributed by atoms with Crippen LogP contribution < -0.4 is 5.32 Å². The van der Waals surface area contributed by atoms with Crippen LogP contribution >= 0.6 is 0 Å². The van der Waals surface area contributed by atoms with Gasteiger partial charge in [-0.25, -0.2) is 4.98 Å². The Balaban J connectivity index is 2.26. The molecule has 2 rings (SSSR count). The van der Waals surface area contributed by atoms with Crippen LogP contribution in [0.4, 0.5) is 19.0 Å². The number of aryl methyl sites for hydroxylation is 2. The fourth-order valence-corrected chi connectivity index (χ4v) is 1.69. The van der Waals surface area contributed by atoms with Crippen LogP contribution in [0.5, 0.6) is 0 Å². The van der Waals surface area contributed by atoms with Crippen molar-refractivity contribution < 1.29 is 13.2 Å². The van der Waals surface area contributed by atoms with E-state index in [2.05, 4.69) is 10.3 Å². The maximum atomic E-state index is 12.4. The summed E-state index contributed by atoms with van der Waals surface area (Å²) in [6.07, 6.45) is -3.68. The molecule has 0 unspecified atom stereocenters. The number of hydrogen-bond acceptors (Lipinski definition) is 2. The molecule has 2 nitrogen and oxygen atoms in total. The van der Waals surface area contributed by atoms with Crippen LogP contribution in [-0.2, 0) is 6.42 Å². The molecule has 0 amide bonds. The van der Waals surface area contributed by atoms with E-state index in [0.717, 1.165) is 11.3 Å². The summed E-state index contributed by atoms with van der Waals surface area (Å²) in [5, 5.41) is 2.44. The van der Waals surface area contributed by atoms with Crippen molar-refractivity contribution >= 4 is 5.82 Å². The third-order valence-electron chi connectivity index (χ3n) is 2.53. The van der Waals surface area contributed by atoms with Gasteiger partial charge in [-0.1, -0.05) is 6.07 Å². The van der Waals surface area contributed by atoms with E-state index < -0.39 is 12.2 Å². The standard InChI is InChI=1S/C10H11F3N2/c1-6-2-3-7-4-5-8(10(11,12)13)15-9(7)14-6/h2-3,8H,4-5H2,1H3,(H,14,15)/t8-/m1/s1. The van der Waals surface area contributed by atoms with E-state index in [0.29, 0.717) is 12.2 Å². The summed E-state index contributed by atoms with van der Waals surface area (Å²) in [7, 11) is 0. The molecule has 1 aromatic rings. The number of rotatable bonds is 0. The molecule has 82 valence electrons. The topological polar surface area (TPSA) is 24.9 Å². The molecular weight excluding hydrogens is 205 g/mol. The first-order valence-corrected chi connectivity index (χ1v) is 4.76. The Morgan fingerprint density at radius 3 is 2.80 bits per heavy atom. The number of anilines is 1.